The van der Waals surface area contributed by atoms with Crippen molar-refractivity contribution in [1.82, 2.24) is 0 Å². The zero-order valence-electron chi connectivity index (χ0n) is 10.4. The maximum atomic E-state index is 13.3. The van der Waals surface area contributed by atoms with Crippen molar-refractivity contribution in [2.24, 2.45) is 5.73 Å². The van der Waals surface area contributed by atoms with E-state index in [1.54, 1.807) is 18.2 Å². The van der Waals surface area contributed by atoms with E-state index in [1.165, 1.54) is 18.2 Å². The van der Waals surface area contributed by atoms with Gasteiger partial charge in [0.05, 0.1) is 4.47 Å². The zero-order chi connectivity index (χ0) is 14.3. The summed E-state index contributed by atoms with van der Waals surface area (Å²) in [4.78, 5) is 0. The minimum absolute atomic E-state index is 0.229. The van der Waals surface area contributed by atoms with Gasteiger partial charge in [0.15, 0.2) is 0 Å². The number of halogens is 3. The molecule has 2 nitrogen and oxygen atoms in total. The molecule has 0 bridgehead atoms. The van der Waals surface area contributed by atoms with Crippen LogP contribution in [-0.4, -0.2) is 0 Å². The number of nitrogens with two attached hydrogens (primary N) is 1. The molecule has 104 valence electrons. The molecule has 1 aliphatic rings. The van der Waals surface area contributed by atoms with Crippen molar-refractivity contribution in [2.45, 2.75) is 18.6 Å². The second-order valence-corrected chi connectivity index (χ2v) is 5.66. The van der Waals surface area contributed by atoms with Crippen LogP contribution in [0.3, 0.4) is 0 Å². The fourth-order valence-electron chi connectivity index (χ4n) is 2.39. The van der Waals surface area contributed by atoms with Crippen molar-refractivity contribution in [3.63, 3.8) is 0 Å². The van der Waals surface area contributed by atoms with Crippen LogP contribution in [0.1, 0.15) is 29.7 Å². The molecule has 0 aromatic heterocycles. The summed E-state index contributed by atoms with van der Waals surface area (Å²) >= 11 is 3.15. The van der Waals surface area contributed by atoms with Crippen molar-refractivity contribution in [3.05, 3.63) is 63.6 Å². The maximum absolute atomic E-state index is 13.3. The highest BCUT2D eigenvalue weighted by molar-refractivity contribution is 9.10. The fourth-order valence-corrected chi connectivity index (χ4v) is 2.79. The van der Waals surface area contributed by atoms with E-state index >= 15 is 0 Å². The second kappa shape index (κ2) is 5.14. The van der Waals surface area contributed by atoms with Crippen molar-refractivity contribution < 1.29 is 13.5 Å². The Hall–Kier alpha value is -1.46. The first-order valence-electron chi connectivity index (χ1n) is 6.21. The number of benzene rings is 2. The summed E-state index contributed by atoms with van der Waals surface area (Å²) in [5.41, 5.74) is 7.71. The molecule has 1 unspecified atom stereocenters. The van der Waals surface area contributed by atoms with Gasteiger partial charge in [-0.05, 0) is 39.7 Å². The maximum Gasteiger partial charge on any atom is 0.137 e. The van der Waals surface area contributed by atoms with Gasteiger partial charge in [-0.2, -0.15) is 0 Å². The normalized spacial score (nSPS) is 21.2. The molecule has 0 fully saturated rings. The largest absolute Gasteiger partial charge is 0.485 e. The monoisotopic (exact) mass is 339 g/mol. The molecule has 2 atom stereocenters. The van der Waals surface area contributed by atoms with Gasteiger partial charge >= 0.3 is 0 Å². The van der Waals surface area contributed by atoms with Crippen LogP contribution in [0, 0.1) is 11.6 Å². The quantitative estimate of drug-likeness (QED) is 0.842. The lowest BCUT2D eigenvalue weighted by atomic mass is 9.93. The average Bonchev–Trinajstić information content (AvgIpc) is 2.41. The third-order valence-corrected chi connectivity index (χ3v) is 4.04. The smallest absolute Gasteiger partial charge is 0.137 e. The van der Waals surface area contributed by atoms with Gasteiger partial charge < -0.3 is 10.5 Å². The van der Waals surface area contributed by atoms with Crippen molar-refractivity contribution in [1.29, 1.82) is 0 Å². The summed E-state index contributed by atoms with van der Waals surface area (Å²) in [6.45, 7) is 0. The first-order chi connectivity index (χ1) is 9.54. The van der Waals surface area contributed by atoms with Crippen LogP contribution in [-0.2, 0) is 0 Å². The van der Waals surface area contributed by atoms with E-state index in [2.05, 4.69) is 15.9 Å². The predicted molar refractivity (Wildman–Crippen MR) is 75.4 cm³/mol. The first kappa shape index (κ1) is 13.5. The van der Waals surface area contributed by atoms with Crippen LogP contribution >= 0.6 is 15.9 Å². The van der Waals surface area contributed by atoms with E-state index in [4.69, 9.17) is 10.5 Å². The lowest BCUT2D eigenvalue weighted by molar-refractivity contribution is 0.160. The molecule has 1 aliphatic heterocycles. The van der Waals surface area contributed by atoms with Crippen LogP contribution in [0.5, 0.6) is 5.75 Å². The Morgan fingerprint density at radius 2 is 1.95 bits per heavy atom. The molecular formula is C15H12BrF2NO. The van der Waals surface area contributed by atoms with Crippen LogP contribution in [0.25, 0.3) is 0 Å². The second-order valence-electron chi connectivity index (χ2n) is 4.80. The van der Waals surface area contributed by atoms with Gasteiger partial charge in [-0.1, -0.05) is 12.1 Å². The Kier molecular flexibility index (Phi) is 3.48. The molecule has 0 spiro atoms. The highest BCUT2D eigenvalue weighted by Crippen LogP contribution is 2.40. The minimum Gasteiger partial charge on any atom is -0.485 e. The van der Waals surface area contributed by atoms with Crippen molar-refractivity contribution in [2.75, 3.05) is 0 Å². The zero-order valence-corrected chi connectivity index (χ0v) is 12.0. The van der Waals surface area contributed by atoms with E-state index in [0.29, 0.717) is 16.6 Å². The third-order valence-electron chi connectivity index (χ3n) is 3.43. The van der Waals surface area contributed by atoms with Gasteiger partial charge in [-0.25, -0.2) is 8.78 Å². The molecule has 0 aliphatic carbocycles. The molecule has 2 N–H and O–H groups in total. The molecule has 0 saturated heterocycles. The van der Waals surface area contributed by atoms with Gasteiger partial charge in [-0.3, -0.25) is 0 Å². The molecule has 0 amide bonds. The Morgan fingerprint density at radius 1 is 1.15 bits per heavy atom. The molecule has 2 aromatic carbocycles. The Morgan fingerprint density at radius 3 is 2.70 bits per heavy atom. The first-order valence-corrected chi connectivity index (χ1v) is 7.00. The summed E-state index contributed by atoms with van der Waals surface area (Å²) < 4.78 is 32.7. The van der Waals surface area contributed by atoms with Crippen LogP contribution in [0.2, 0.25) is 0 Å². The predicted octanol–water partition coefficient (Wildman–Crippen LogP) is 4.25. The molecular weight excluding hydrogens is 328 g/mol. The SMILES string of the molecule is N[C@H]1CC(c2ccc(F)c(Br)c2)Oc2cc(F)ccc21. The molecule has 0 saturated carbocycles. The van der Waals surface area contributed by atoms with E-state index in [-0.39, 0.29) is 23.8 Å². The summed E-state index contributed by atoms with van der Waals surface area (Å²) in [6.07, 6.45) is 0.257. The highest BCUT2D eigenvalue weighted by atomic mass is 79.9. The minimum atomic E-state index is -0.364. The van der Waals surface area contributed by atoms with E-state index < -0.39 is 0 Å². The molecule has 0 radical (unpaired) electrons. The van der Waals surface area contributed by atoms with E-state index in [1.807, 2.05) is 0 Å². The molecule has 2 aromatic rings. The summed E-state index contributed by atoms with van der Waals surface area (Å²) in [5.74, 6) is -0.244. The fraction of sp³-hybridized carbons (Fsp3) is 0.200. The van der Waals surface area contributed by atoms with Crippen molar-refractivity contribution in [3.8, 4) is 5.75 Å². The lowest BCUT2D eigenvalue weighted by Crippen LogP contribution is -2.24. The van der Waals surface area contributed by atoms with Crippen LogP contribution in [0.15, 0.2) is 40.9 Å². The number of ether oxygens (including phenoxy) is 1. The molecule has 20 heavy (non-hydrogen) atoms. The van der Waals surface area contributed by atoms with E-state index in [9.17, 15) is 8.78 Å². The summed E-state index contributed by atoms with van der Waals surface area (Å²) in [5, 5.41) is 0. The van der Waals surface area contributed by atoms with Crippen LogP contribution in [0.4, 0.5) is 8.78 Å². The standard InChI is InChI=1S/C15H12BrF2NO/c16-11-5-8(1-4-12(11)18)14-7-13(19)10-3-2-9(17)6-15(10)20-14/h1-6,13-14H,7,19H2/t13-,14?/m0/s1. The molecule has 5 heteroatoms. The lowest BCUT2D eigenvalue weighted by Gasteiger charge is -2.30. The Balaban J connectivity index is 1.96. The average molecular weight is 340 g/mol. The van der Waals surface area contributed by atoms with Gasteiger partial charge in [0.1, 0.15) is 23.5 Å². The van der Waals surface area contributed by atoms with Crippen LogP contribution < -0.4 is 10.5 Å². The van der Waals surface area contributed by atoms with Gasteiger partial charge in [-0.15, -0.1) is 0 Å². The highest BCUT2D eigenvalue weighted by Gasteiger charge is 2.27. The van der Waals surface area contributed by atoms with E-state index in [0.717, 1.165) is 11.1 Å². The summed E-state index contributed by atoms with van der Waals surface area (Å²) in [7, 11) is 0. The third kappa shape index (κ3) is 2.43. The number of hydrogen-bond acceptors (Lipinski definition) is 2. The number of fused-ring (bicyclic) bond motifs is 1. The Labute approximate surface area is 123 Å². The van der Waals surface area contributed by atoms with Gasteiger partial charge in [0, 0.05) is 24.1 Å². The van der Waals surface area contributed by atoms with Gasteiger partial charge in [0.25, 0.3) is 0 Å². The molecule has 3 rings (SSSR count). The number of rotatable bonds is 1. The van der Waals surface area contributed by atoms with Crippen molar-refractivity contribution >= 4 is 15.9 Å². The topological polar surface area (TPSA) is 35.2 Å². The van der Waals surface area contributed by atoms with Gasteiger partial charge in [0.2, 0.25) is 0 Å². The number of hydrogen-bond donors (Lipinski definition) is 1. The molecule has 1 heterocycles. The summed E-state index contributed by atoms with van der Waals surface area (Å²) in [6, 6.07) is 8.81. The Bertz CT molecular complexity index is 662.